The molecule has 2 saturated carbocycles. The van der Waals surface area contributed by atoms with Crippen molar-refractivity contribution in [2.75, 3.05) is 37.9 Å². The molecule has 4 fully saturated rings. The highest BCUT2D eigenvalue weighted by Gasteiger charge is 2.37. The topological polar surface area (TPSA) is 97.4 Å². The summed E-state index contributed by atoms with van der Waals surface area (Å²) in [4.78, 5) is 29.2. The molecule has 2 aliphatic carbocycles. The van der Waals surface area contributed by atoms with Crippen molar-refractivity contribution in [3.8, 4) is 11.8 Å². The lowest BCUT2D eigenvalue weighted by molar-refractivity contribution is -0.254. The van der Waals surface area contributed by atoms with Gasteiger partial charge in [0, 0.05) is 37.2 Å². The Kier molecular flexibility index (Phi) is 11.2. The van der Waals surface area contributed by atoms with Crippen LogP contribution in [0.3, 0.4) is 0 Å². The largest absolute Gasteiger partial charge is 0.544 e. The minimum absolute atomic E-state index is 0.0467. The van der Waals surface area contributed by atoms with Gasteiger partial charge in [0.25, 0.3) is 0 Å². The second-order valence-corrected chi connectivity index (χ2v) is 14.6. The highest BCUT2D eigenvalue weighted by molar-refractivity contribution is 7.15. The Morgan fingerprint density at radius 2 is 1.63 bits per heavy atom. The summed E-state index contributed by atoms with van der Waals surface area (Å²) >= 11 is 1.11. The van der Waals surface area contributed by atoms with Crippen LogP contribution in [0.25, 0.3) is 0 Å². The van der Waals surface area contributed by atoms with Crippen LogP contribution in [0.2, 0.25) is 0 Å². The fourth-order valence-electron chi connectivity index (χ4n) is 6.73. The van der Waals surface area contributed by atoms with E-state index in [0.29, 0.717) is 29.7 Å². The molecule has 2 aliphatic heterocycles. The summed E-state index contributed by atoms with van der Waals surface area (Å²) in [5.74, 6) is 5.84. The number of hydrogen-bond acceptors (Lipinski definition) is 8. The molecule has 2 saturated heterocycles. The third kappa shape index (κ3) is 8.82. The average molecular weight is 615 g/mol. The second kappa shape index (κ2) is 14.9. The maximum atomic E-state index is 14.2. The van der Waals surface area contributed by atoms with Crippen molar-refractivity contribution in [1.29, 1.82) is 0 Å². The number of nitrogens with zero attached hydrogens (tertiary/aromatic N) is 1. The molecule has 4 aliphatic rings. The van der Waals surface area contributed by atoms with Crippen LogP contribution in [0.15, 0.2) is 6.07 Å². The predicted molar refractivity (Wildman–Crippen MR) is 164 cm³/mol. The Balaban J connectivity index is 1.34. The number of hydrogen-bond donors (Lipinski definition) is 0. The molecule has 0 N–H and O–H groups in total. The van der Waals surface area contributed by atoms with Crippen LogP contribution in [0.4, 0.5) is 5.69 Å². The Bertz CT molecular complexity index is 1140. The molecule has 0 aromatic carbocycles. The number of carboxylic acid groups (broad SMARTS) is 1. The first-order valence-electron chi connectivity index (χ1n) is 16.3. The van der Waals surface area contributed by atoms with Gasteiger partial charge in [-0.05, 0) is 96.5 Å². The Morgan fingerprint density at radius 1 is 0.953 bits per heavy atom. The lowest BCUT2D eigenvalue weighted by atomic mass is 9.81. The molecule has 1 unspecified atom stereocenters. The Hall–Kier alpha value is -1.96. The molecule has 1 atom stereocenters. The van der Waals surface area contributed by atoms with Gasteiger partial charge >= 0.3 is 0 Å². The lowest BCUT2D eigenvalue weighted by Gasteiger charge is -2.40. The molecule has 238 valence electrons. The van der Waals surface area contributed by atoms with Gasteiger partial charge in [-0.2, -0.15) is 0 Å². The van der Waals surface area contributed by atoms with Crippen molar-refractivity contribution in [2.24, 2.45) is 17.3 Å². The van der Waals surface area contributed by atoms with Gasteiger partial charge in [0.15, 0.2) is 0 Å². The fourth-order valence-corrected chi connectivity index (χ4v) is 7.57. The summed E-state index contributed by atoms with van der Waals surface area (Å²) in [5, 5.41) is 12.4. The zero-order chi connectivity index (χ0) is 30.4. The number of amides is 1. The van der Waals surface area contributed by atoms with Crippen molar-refractivity contribution >= 4 is 28.9 Å². The van der Waals surface area contributed by atoms with E-state index in [4.69, 9.17) is 18.9 Å². The molecule has 0 radical (unpaired) electrons. The molecule has 43 heavy (non-hydrogen) atoms. The van der Waals surface area contributed by atoms with E-state index < -0.39 is 11.4 Å². The molecule has 0 spiro atoms. The van der Waals surface area contributed by atoms with E-state index in [2.05, 4.69) is 18.8 Å². The van der Waals surface area contributed by atoms with Gasteiger partial charge in [-0.1, -0.05) is 18.8 Å². The number of thiophene rings is 1. The van der Waals surface area contributed by atoms with E-state index in [-0.39, 0.29) is 41.1 Å². The molecule has 5 rings (SSSR count). The first-order chi connectivity index (χ1) is 20.7. The van der Waals surface area contributed by atoms with Crippen LogP contribution in [-0.2, 0) is 23.7 Å². The first kappa shape index (κ1) is 32.4. The number of carbonyl (C=O) groups excluding carboxylic acids is 2. The number of carboxylic acids is 1. The van der Waals surface area contributed by atoms with Crippen molar-refractivity contribution in [3.63, 3.8) is 0 Å². The highest BCUT2D eigenvalue weighted by atomic mass is 32.1. The van der Waals surface area contributed by atoms with Gasteiger partial charge in [-0.25, -0.2) is 0 Å². The fraction of sp³-hybridized carbons (Fsp3) is 0.765. The van der Waals surface area contributed by atoms with Crippen molar-refractivity contribution < 1.29 is 33.6 Å². The van der Waals surface area contributed by atoms with Crippen LogP contribution in [-0.4, -0.2) is 69.3 Å². The van der Waals surface area contributed by atoms with E-state index >= 15 is 0 Å². The van der Waals surface area contributed by atoms with E-state index in [0.717, 1.165) is 102 Å². The molecular formula is C34H48NO7S-. The highest BCUT2D eigenvalue weighted by Crippen LogP contribution is 2.39. The number of ether oxygens (including phenoxy) is 4. The van der Waals surface area contributed by atoms with E-state index in [1.165, 1.54) is 0 Å². The number of carbonyl (C=O) groups is 2. The molecule has 0 bridgehead atoms. The maximum Gasteiger partial charge on any atom is 0.230 e. The SMILES string of the molecule is CC1CCC(C(=O)N(c2cc(C#CC(C)(C)COC3CCOCC3)sc2C(=O)[O-])C2CCC(OC3CCOC3)CC2)CC1. The van der Waals surface area contributed by atoms with Gasteiger partial charge in [-0.3, -0.25) is 4.79 Å². The van der Waals surface area contributed by atoms with Crippen molar-refractivity contribution in [3.05, 3.63) is 15.8 Å². The average Bonchev–Trinajstić information content (AvgIpc) is 3.68. The normalized spacial score (nSPS) is 28.7. The van der Waals surface area contributed by atoms with Crippen molar-refractivity contribution in [1.82, 2.24) is 0 Å². The third-order valence-electron chi connectivity index (χ3n) is 9.41. The van der Waals surface area contributed by atoms with Gasteiger partial charge < -0.3 is 33.7 Å². The molecule has 1 amide bonds. The monoisotopic (exact) mass is 614 g/mol. The molecule has 3 heterocycles. The van der Waals surface area contributed by atoms with Crippen LogP contribution < -0.4 is 10.0 Å². The molecule has 1 aromatic heterocycles. The molecule has 8 nitrogen and oxygen atoms in total. The molecule has 9 heteroatoms. The summed E-state index contributed by atoms with van der Waals surface area (Å²) in [6.45, 7) is 9.63. The zero-order valence-electron chi connectivity index (χ0n) is 26.1. The summed E-state index contributed by atoms with van der Waals surface area (Å²) < 4.78 is 23.3. The van der Waals surface area contributed by atoms with Crippen molar-refractivity contribution in [2.45, 2.75) is 116 Å². The minimum Gasteiger partial charge on any atom is -0.544 e. The quantitative estimate of drug-likeness (QED) is 0.363. The van der Waals surface area contributed by atoms with E-state index in [1.807, 2.05) is 18.7 Å². The third-order valence-corrected chi connectivity index (χ3v) is 10.4. The van der Waals surface area contributed by atoms with Gasteiger partial charge in [0.2, 0.25) is 5.91 Å². The summed E-state index contributed by atoms with van der Waals surface area (Å²) in [7, 11) is 0. The van der Waals surface area contributed by atoms with Crippen LogP contribution in [0, 0.1) is 29.1 Å². The molecule has 1 aromatic rings. The van der Waals surface area contributed by atoms with Crippen LogP contribution in [0.1, 0.15) is 106 Å². The van der Waals surface area contributed by atoms with E-state index in [1.54, 1.807) is 6.07 Å². The smallest absolute Gasteiger partial charge is 0.230 e. The van der Waals surface area contributed by atoms with E-state index in [9.17, 15) is 14.7 Å². The Labute approximate surface area is 260 Å². The van der Waals surface area contributed by atoms with Gasteiger partial charge in [-0.15, -0.1) is 11.3 Å². The number of aromatic carboxylic acids is 1. The Morgan fingerprint density at radius 3 is 2.28 bits per heavy atom. The summed E-state index contributed by atoms with van der Waals surface area (Å²) in [6.07, 6.45) is 10.1. The second-order valence-electron chi connectivity index (χ2n) is 13.6. The standard InChI is InChI=1S/C34H49NO7S/c1-23-4-6-24(7-5-23)32(36)35(25-8-10-27(11-9-25)42-28-15-19-40-21-28)30-20-29(43-31(30)33(37)38)12-16-34(2,3)22-41-26-13-17-39-18-14-26/h20,23-28H,4-11,13-15,17-19,21-22H2,1-3H3,(H,37,38)/p-1. The van der Waals surface area contributed by atoms with Crippen LogP contribution >= 0.6 is 11.3 Å². The lowest BCUT2D eigenvalue weighted by Crippen LogP contribution is -2.47. The summed E-state index contributed by atoms with van der Waals surface area (Å²) in [6, 6.07) is 1.73. The van der Waals surface area contributed by atoms with Crippen LogP contribution in [0.5, 0.6) is 0 Å². The maximum absolute atomic E-state index is 14.2. The number of rotatable bonds is 9. The minimum atomic E-state index is -1.26. The summed E-state index contributed by atoms with van der Waals surface area (Å²) in [5.41, 5.74) is 0.0314. The number of anilines is 1. The van der Waals surface area contributed by atoms with Gasteiger partial charge in [0.05, 0.1) is 52.9 Å². The first-order valence-corrected chi connectivity index (χ1v) is 17.1. The predicted octanol–water partition coefficient (Wildman–Crippen LogP) is 4.96. The molecular weight excluding hydrogens is 566 g/mol. The zero-order valence-corrected chi connectivity index (χ0v) is 26.9. The van der Waals surface area contributed by atoms with Gasteiger partial charge in [0.1, 0.15) is 0 Å².